The Hall–Kier alpha value is -4.08. The number of nitrogens with zero attached hydrogens (tertiary/aromatic N) is 1. The number of nitrogens with two attached hydrogens (primary N) is 1. The van der Waals surface area contributed by atoms with Gasteiger partial charge < -0.3 is 25.8 Å². The van der Waals surface area contributed by atoms with Crippen molar-refractivity contribution in [3.8, 4) is 22.1 Å². The SMILES string of the molecule is COc1ccc(OC)c(NC(=O)c2sc(Nc3ccc(C(C)C)cc3)c(-c3nc4ccccc4s3)c2N)c1. The Morgan fingerprint density at radius 3 is 2.42 bits per heavy atom. The van der Waals surface area contributed by atoms with Crippen LogP contribution in [0.3, 0.4) is 0 Å². The van der Waals surface area contributed by atoms with E-state index in [1.807, 2.05) is 36.4 Å². The van der Waals surface area contributed by atoms with Gasteiger partial charge in [-0.05, 0) is 47.9 Å². The summed E-state index contributed by atoms with van der Waals surface area (Å²) in [6.07, 6.45) is 0. The maximum atomic E-state index is 13.5. The number of anilines is 4. The topological polar surface area (TPSA) is 98.5 Å². The lowest BCUT2D eigenvalue weighted by Gasteiger charge is -2.11. The van der Waals surface area contributed by atoms with Gasteiger partial charge in [0.2, 0.25) is 0 Å². The van der Waals surface area contributed by atoms with Crippen LogP contribution in [0.1, 0.15) is 35.0 Å². The summed E-state index contributed by atoms with van der Waals surface area (Å²) < 4.78 is 11.8. The Bertz CT molecular complexity index is 1570. The molecule has 0 unspecified atom stereocenters. The molecular formula is C29H28N4O3S2. The largest absolute Gasteiger partial charge is 0.497 e. The van der Waals surface area contributed by atoms with Crippen molar-refractivity contribution in [2.24, 2.45) is 0 Å². The lowest BCUT2D eigenvalue weighted by molar-refractivity contribution is 0.103. The normalized spacial score (nSPS) is 11.1. The van der Waals surface area contributed by atoms with Crippen molar-refractivity contribution in [2.45, 2.75) is 19.8 Å². The molecule has 0 atom stereocenters. The molecule has 5 aromatic rings. The number of rotatable bonds is 8. The van der Waals surface area contributed by atoms with Gasteiger partial charge in [-0.15, -0.1) is 22.7 Å². The van der Waals surface area contributed by atoms with Crippen LogP contribution in [0, 0.1) is 0 Å². The molecule has 0 aliphatic heterocycles. The molecule has 0 fully saturated rings. The number of hydrogen-bond acceptors (Lipinski definition) is 8. The molecule has 38 heavy (non-hydrogen) atoms. The van der Waals surface area contributed by atoms with Gasteiger partial charge in [0.1, 0.15) is 26.4 Å². The first-order valence-electron chi connectivity index (χ1n) is 12.1. The number of nitrogen functional groups attached to an aromatic ring is 1. The Labute approximate surface area is 229 Å². The lowest BCUT2D eigenvalue weighted by atomic mass is 10.0. The second-order valence-corrected chi connectivity index (χ2v) is 11.0. The van der Waals surface area contributed by atoms with Crippen molar-refractivity contribution in [1.82, 2.24) is 4.98 Å². The number of carbonyl (C=O) groups excluding carboxylic acids is 1. The van der Waals surface area contributed by atoms with Gasteiger partial charge in [-0.2, -0.15) is 0 Å². The molecule has 0 aliphatic carbocycles. The first kappa shape index (κ1) is 25.6. The molecule has 0 spiro atoms. The van der Waals surface area contributed by atoms with Crippen molar-refractivity contribution >= 4 is 60.9 Å². The van der Waals surface area contributed by atoms with Crippen molar-refractivity contribution in [1.29, 1.82) is 0 Å². The number of aromatic nitrogens is 1. The fourth-order valence-corrected chi connectivity index (χ4v) is 6.20. The Morgan fingerprint density at radius 2 is 1.74 bits per heavy atom. The van der Waals surface area contributed by atoms with Gasteiger partial charge in [-0.25, -0.2) is 4.98 Å². The highest BCUT2D eigenvalue weighted by atomic mass is 32.1. The van der Waals surface area contributed by atoms with Crippen LogP contribution in [0.25, 0.3) is 20.8 Å². The van der Waals surface area contributed by atoms with Crippen LogP contribution in [0.15, 0.2) is 66.7 Å². The average molecular weight is 545 g/mol. The van der Waals surface area contributed by atoms with E-state index in [2.05, 4.69) is 36.6 Å². The van der Waals surface area contributed by atoms with Gasteiger partial charge in [0.05, 0.1) is 41.4 Å². The lowest BCUT2D eigenvalue weighted by Crippen LogP contribution is -2.13. The second kappa shape index (κ2) is 10.7. The summed E-state index contributed by atoms with van der Waals surface area (Å²) in [5, 5.41) is 7.92. The van der Waals surface area contributed by atoms with Gasteiger partial charge >= 0.3 is 0 Å². The molecule has 0 aliphatic rings. The van der Waals surface area contributed by atoms with E-state index >= 15 is 0 Å². The summed E-state index contributed by atoms with van der Waals surface area (Å²) >= 11 is 2.84. The third kappa shape index (κ3) is 5.03. The zero-order valence-electron chi connectivity index (χ0n) is 21.5. The first-order chi connectivity index (χ1) is 18.4. The summed E-state index contributed by atoms with van der Waals surface area (Å²) in [5.41, 5.74) is 11.3. The Balaban J connectivity index is 1.56. The van der Waals surface area contributed by atoms with E-state index in [-0.39, 0.29) is 5.91 Å². The van der Waals surface area contributed by atoms with Gasteiger partial charge in [-0.3, -0.25) is 4.79 Å². The summed E-state index contributed by atoms with van der Waals surface area (Å²) in [4.78, 5) is 18.7. The Morgan fingerprint density at radius 1 is 0.974 bits per heavy atom. The second-order valence-electron chi connectivity index (χ2n) is 8.96. The monoisotopic (exact) mass is 544 g/mol. The molecule has 7 nitrogen and oxygen atoms in total. The van der Waals surface area contributed by atoms with Crippen LogP contribution in [0.2, 0.25) is 0 Å². The summed E-state index contributed by atoms with van der Waals surface area (Å²) in [5.74, 6) is 1.21. The molecule has 9 heteroatoms. The maximum absolute atomic E-state index is 13.5. The highest BCUT2D eigenvalue weighted by molar-refractivity contribution is 7.23. The van der Waals surface area contributed by atoms with Gasteiger partial charge in [0, 0.05) is 11.8 Å². The zero-order chi connectivity index (χ0) is 26.8. The number of fused-ring (bicyclic) bond motifs is 1. The van der Waals surface area contributed by atoms with E-state index in [1.165, 1.54) is 16.9 Å². The first-order valence-corrected chi connectivity index (χ1v) is 13.7. The number of benzene rings is 3. The summed E-state index contributed by atoms with van der Waals surface area (Å²) in [6, 6.07) is 21.4. The zero-order valence-corrected chi connectivity index (χ0v) is 23.1. The van der Waals surface area contributed by atoms with Crippen molar-refractivity contribution < 1.29 is 14.3 Å². The number of hydrogen-bond donors (Lipinski definition) is 3. The highest BCUT2D eigenvalue weighted by Crippen LogP contribution is 2.47. The van der Waals surface area contributed by atoms with E-state index in [4.69, 9.17) is 20.2 Å². The molecule has 2 aromatic heterocycles. The molecule has 0 bridgehead atoms. The van der Waals surface area contributed by atoms with Crippen molar-refractivity contribution in [2.75, 3.05) is 30.6 Å². The molecule has 2 heterocycles. The molecule has 3 aromatic carbocycles. The number of thiazole rings is 1. The van der Waals surface area contributed by atoms with Crippen LogP contribution >= 0.6 is 22.7 Å². The van der Waals surface area contributed by atoms with Crippen LogP contribution in [-0.2, 0) is 0 Å². The predicted octanol–water partition coefficient (Wildman–Crippen LogP) is 7.74. The standard InChI is InChI=1S/C29H28N4O3S2/c1-16(2)17-9-11-18(12-10-17)31-28-24(29-33-20-7-5-6-8-23(20)37-29)25(30)26(38-28)27(34)32-21-15-19(35-3)13-14-22(21)36-4/h5-16,31H,30H2,1-4H3,(H,32,34). The molecule has 0 saturated heterocycles. The summed E-state index contributed by atoms with van der Waals surface area (Å²) in [7, 11) is 3.12. The average Bonchev–Trinajstić information content (AvgIpc) is 3.49. The minimum absolute atomic E-state index is 0.343. The molecule has 1 amide bonds. The number of para-hydroxylation sites is 1. The van der Waals surface area contributed by atoms with Gasteiger partial charge in [0.25, 0.3) is 5.91 Å². The number of amides is 1. The number of ether oxygens (including phenoxy) is 2. The quantitative estimate of drug-likeness (QED) is 0.185. The molecule has 0 saturated carbocycles. The van der Waals surface area contributed by atoms with E-state index < -0.39 is 0 Å². The van der Waals surface area contributed by atoms with E-state index in [1.54, 1.807) is 43.8 Å². The Kier molecular flexibility index (Phi) is 7.22. The van der Waals surface area contributed by atoms with Gasteiger partial charge in [-0.1, -0.05) is 38.1 Å². The third-order valence-corrected chi connectivity index (χ3v) is 8.32. The van der Waals surface area contributed by atoms with Crippen LogP contribution < -0.4 is 25.8 Å². The molecule has 194 valence electrons. The van der Waals surface area contributed by atoms with Gasteiger partial charge in [0.15, 0.2) is 0 Å². The fourth-order valence-electron chi connectivity index (χ4n) is 4.07. The van der Waals surface area contributed by atoms with Crippen molar-refractivity contribution in [3.63, 3.8) is 0 Å². The molecule has 4 N–H and O–H groups in total. The minimum atomic E-state index is -0.343. The fraction of sp³-hybridized carbons (Fsp3) is 0.172. The van der Waals surface area contributed by atoms with E-state index in [0.29, 0.717) is 39.2 Å². The smallest absolute Gasteiger partial charge is 0.268 e. The molecule has 5 rings (SSSR count). The number of nitrogens with one attached hydrogen (secondary N) is 2. The molecular weight excluding hydrogens is 516 g/mol. The predicted molar refractivity (Wildman–Crippen MR) is 159 cm³/mol. The van der Waals surface area contributed by atoms with Crippen LogP contribution in [0.5, 0.6) is 11.5 Å². The third-order valence-electron chi connectivity index (χ3n) is 6.15. The highest BCUT2D eigenvalue weighted by Gasteiger charge is 2.25. The van der Waals surface area contributed by atoms with Crippen LogP contribution in [-0.4, -0.2) is 25.1 Å². The van der Waals surface area contributed by atoms with E-state index in [9.17, 15) is 4.79 Å². The minimum Gasteiger partial charge on any atom is -0.497 e. The maximum Gasteiger partial charge on any atom is 0.268 e. The van der Waals surface area contributed by atoms with Crippen LogP contribution in [0.4, 0.5) is 22.1 Å². The summed E-state index contributed by atoms with van der Waals surface area (Å²) in [6.45, 7) is 4.33. The number of methoxy groups -OCH3 is 2. The number of carbonyl (C=O) groups is 1. The molecule has 0 radical (unpaired) electrons. The van der Waals surface area contributed by atoms with E-state index in [0.717, 1.165) is 25.9 Å². The number of thiophene rings is 1. The van der Waals surface area contributed by atoms with Crippen molar-refractivity contribution in [3.05, 3.63) is 77.2 Å².